The van der Waals surface area contributed by atoms with Crippen molar-refractivity contribution in [2.45, 2.75) is 38.5 Å². The Hall–Kier alpha value is -0.980. The molecule has 0 spiro atoms. The number of hydrogen-bond acceptors (Lipinski definition) is 6. The Morgan fingerprint density at radius 3 is 3.00 bits per heavy atom. The predicted molar refractivity (Wildman–Crippen MR) is 71.1 cm³/mol. The Kier molecular flexibility index (Phi) is 3.56. The molecule has 6 heteroatoms. The summed E-state index contributed by atoms with van der Waals surface area (Å²) >= 11 is 1.62. The monoisotopic (exact) mass is 282 g/mol. The lowest BCUT2D eigenvalue weighted by Crippen LogP contribution is -2.46. The van der Waals surface area contributed by atoms with Crippen LogP contribution in [0.4, 0.5) is 0 Å². The van der Waals surface area contributed by atoms with Crippen LogP contribution in [0, 0.1) is 6.92 Å². The molecule has 0 aromatic carbocycles. The first-order valence-corrected chi connectivity index (χ1v) is 7.49. The predicted octanol–water partition coefficient (Wildman–Crippen LogP) is 1.53. The molecule has 0 radical (unpaired) electrons. The molecule has 19 heavy (non-hydrogen) atoms. The fraction of sp³-hybridized carbons (Fsp3) is 0.692. The minimum Gasteiger partial charge on any atom is -0.461 e. The number of hydrogen-bond donors (Lipinski definition) is 0. The van der Waals surface area contributed by atoms with Gasteiger partial charge in [-0.05, 0) is 13.8 Å². The van der Waals surface area contributed by atoms with Gasteiger partial charge in [-0.3, -0.25) is 9.69 Å². The van der Waals surface area contributed by atoms with Gasteiger partial charge in [-0.2, -0.15) is 0 Å². The van der Waals surface area contributed by atoms with E-state index in [1.807, 2.05) is 19.2 Å². The zero-order valence-electron chi connectivity index (χ0n) is 11.2. The van der Waals surface area contributed by atoms with Crippen LogP contribution in [0.5, 0.6) is 0 Å². The summed E-state index contributed by atoms with van der Waals surface area (Å²) in [7, 11) is 0. The molecule has 0 aliphatic carbocycles. The zero-order chi connectivity index (χ0) is 13.4. The lowest BCUT2D eigenvalue weighted by atomic mass is 10.1. The van der Waals surface area contributed by atoms with E-state index in [0.29, 0.717) is 6.61 Å². The van der Waals surface area contributed by atoms with Crippen LogP contribution in [-0.4, -0.2) is 47.7 Å². The fourth-order valence-electron chi connectivity index (χ4n) is 2.66. The number of ether oxygens (including phenoxy) is 2. The van der Waals surface area contributed by atoms with Gasteiger partial charge in [-0.1, -0.05) is 0 Å². The third-order valence-corrected chi connectivity index (χ3v) is 4.65. The highest BCUT2D eigenvalue weighted by molar-refractivity contribution is 7.09. The second-order valence-electron chi connectivity index (χ2n) is 5.18. The van der Waals surface area contributed by atoms with Gasteiger partial charge in [0.1, 0.15) is 23.3 Å². The van der Waals surface area contributed by atoms with Gasteiger partial charge in [0.25, 0.3) is 0 Å². The third kappa shape index (κ3) is 2.66. The highest BCUT2D eigenvalue weighted by Crippen LogP contribution is 2.29. The molecule has 0 N–H and O–H groups in total. The minimum absolute atomic E-state index is 0.0174. The van der Waals surface area contributed by atoms with Gasteiger partial charge in [0, 0.05) is 30.6 Å². The lowest BCUT2D eigenvalue weighted by Gasteiger charge is -2.34. The normalized spacial score (nSPS) is 32.5. The number of aromatic nitrogens is 1. The molecule has 2 aliphatic heterocycles. The quantitative estimate of drug-likeness (QED) is 0.770. The van der Waals surface area contributed by atoms with Gasteiger partial charge < -0.3 is 9.47 Å². The molecule has 2 aliphatic rings. The summed E-state index contributed by atoms with van der Waals surface area (Å²) in [5, 5.41) is 3.03. The first kappa shape index (κ1) is 13.0. The molecule has 1 aromatic heterocycles. The maximum atomic E-state index is 11.8. The van der Waals surface area contributed by atoms with Crippen LogP contribution in [-0.2, 0) is 14.3 Å². The smallest absolute Gasteiger partial charge is 0.323 e. The van der Waals surface area contributed by atoms with Crippen molar-refractivity contribution >= 4 is 17.3 Å². The topological polar surface area (TPSA) is 51.7 Å². The molecule has 0 unspecified atom stereocenters. The number of nitrogens with zero attached hydrogens (tertiary/aromatic N) is 2. The second-order valence-corrected chi connectivity index (χ2v) is 6.07. The molecule has 2 fully saturated rings. The molecule has 5 nitrogen and oxygen atoms in total. The zero-order valence-corrected chi connectivity index (χ0v) is 12.0. The van der Waals surface area contributed by atoms with Crippen LogP contribution in [0.1, 0.15) is 30.2 Å². The van der Waals surface area contributed by atoms with Crippen LogP contribution in [0.15, 0.2) is 5.38 Å². The molecule has 3 heterocycles. The number of aryl methyl sites for hydroxylation is 1. The first-order chi connectivity index (χ1) is 9.13. The summed E-state index contributed by atoms with van der Waals surface area (Å²) < 4.78 is 11.0. The largest absolute Gasteiger partial charge is 0.461 e. The molecule has 2 saturated heterocycles. The Balaban J connectivity index is 1.70. The first-order valence-electron chi connectivity index (χ1n) is 6.61. The second kappa shape index (κ2) is 5.19. The van der Waals surface area contributed by atoms with E-state index >= 15 is 0 Å². The molecule has 104 valence electrons. The van der Waals surface area contributed by atoms with Crippen molar-refractivity contribution < 1.29 is 14.3 Å². The Bertz CT molecular complexity index is 476. The third-order valence-electron chi connectivity index (χ3n) is 3.60. The number of carbonyl (C=O) groups is 1. The van der Waals surface area contributed by atoms with E-state index in [4.69, 9.17) is 9.47 Å². The van der Waals surface area contributed by atoms with Crippen molar-refractivity contribution in [2.75, 3.05) is 19.7 Å². The molecular weight excluding hydrogens is 264 g/mol. The fourth-order valence-corrected chi connectivity index (χ4v) is 3.49. The van der Waals surface area contributed by atoms with Gasteiger partial charge in [0.05, 0.1) is 6.61 Å². The average molecular weight is 282 g/mol. The molecule has 0 amide bonds. The summed E-state index contributed by atoms with van der Waals surface area (Å²) in [6.45, 7) is 6.07. The van der Waals surface area contributed by atoms with Gasteiger partial charge >= 0.3 is 5.97 Å². The number of morpholine rings is 1. The molecule has 3 atom stereocenters. The van der Waals surface area contributed by atoms with Gasteiger partial charge in [-0.15, -0.1) is 11.3 Å². The number of carbonyl (C=O) groups excluding carboxylic acids is 1. The summed E-state index contributed by atoms with van der Waals surface area (Å²) in [4.78, 5) is 18.5. The van der Waals surface area contributed by atoms with Crippen LogP contribution < -0.4 is 0 Å². The Morgan fingerprint density at radius 2 is 2.37 bits per heavy atom. The maximum Gasteiger partial charge on any atom is 0.323 e. The highest BCUT2D eigenvalue weighted by atomic mass is 32.1. The standard InChI is InChI=1S/C13H18N2O3S/c1-8-7-19-12(14-8)11-6-15(3-4-17-11)10-5-9(2)18-13(10)16/h7,9-11H,3-6H2,1-2H3/t9-,10-,11-/m0/s1. The maximum absolute atomic E-state index is 11.8. The summed E-state index contributed by atoms with van der Waals surface area (Å²) in [5.74, 6) is -0.0940. The highest BCUT2D eigenvalue weighted by Gasteiger charge is 2.39. The van der Waals surface area contributed by atoms with Crippen LogP contribution >= 0.6 is 11.3 Å². The van der Waals surface area contributed by atoms with Crippen molar-refractivity contribution in [1.29, 1.82) is 0 Å². The van der Waals surface area contributed by atoms with Crippen LogP contribution in [0.25, 0.3) is 0 Å². The SMILES string of the molecule is Cc1csc([C@@H]2CN([C@H]3C[C@H](C)OC3=O)CCO2)n1. The average Bonchev–Trinajstić information content (AvgIpc) is 2.96. The van der Waals surface area contributed by atoms with E-state index < -0.39 is 0 Å². The molecule has 1 aromatic rings. The van der Waals surface area contributed by atoms with E-state index in [1.54, 1.807) is 11.3 Å². The van der Waals surface area contributed by atoms with Crippen molar-refractivity contribution in [2.24, 2.45) is 0 Å². The molecular formula is C13H18N2O3S. The molecule has 0 bridgehead atoms. The van der Waals surface area contributed by atoms with Gasteiger partial charge in [-0.25, -0.2) is 4.98 Å². The van der Waals surface area contributed by atoms with Crippen molar-refractivity contribution in [3.8, 4) is 0 Å². The van der Waals surface area contributed by atoms with Crippen molar-refractivity contribution in [3.05, 3.63) is 16.1 Å². The van der Waals surface area contributed by atoms with Gasteiger partial charge in [0.15, 0.2) is 0 Å². The summed E-state index contributed by atoms with van der Waals surface area (Å²) in [5.41, 5.74) is 1.02. The molecule has 0 saturated carbocycles. The number of cyclic esters (lactones) is 1. The number of rotatable bonds is 2. The van der Waals surface area contributed by atoms with E-state index in [9.17, 15) is 4.79 Å². The van der Waals surface area contributed by atoms with Crippen molar-refractivity contribution in [3.63, 3.8) is 0 Å². The van der Waals surface area contributed by atoms with E-state index in [1.165, 1.54) is 0 Å². The van der Waals surface area contributed by atoms with Crippen LogP contribution in [0.3, 0.4) is 0 Å². The summed E-state index contributed by atoms with van der Waals surface area (Å²) in [6.07, 6.45) is 0.791. The molecule has 3 rings (SSSR count). The number of esters is 1. The van der Waals surface area contributed by atoms with Crippen LogP contribution in [0.2, 0.25) is 0 Å². The van der Waals surface area contributed by atoms with Gasteiger partial charge in [0.2, 0.25) is 0 Å². The van der Waals surface area contributed by atoms with Crippen molar-refractivity contribution in [1.82, 2.24) is 9.88 Å². The Morgan fingerprint density at radius 1 is 1.53 bits per heavy atom. The van der Waals surface area contributed by atoms with E-state index in [0.717, 1.165) is 30.2 Å². The summed E-state index contributed by atoms with van der Waals surface area (Å²) in [6, 6.07) is -0.109. The Labute approximate surface area is 116 Å². The van der Waals surface area contributed by atoms with E-state index in [-0.39, 0.29) is 24.2 Å². The van der Waals surface area contributed by atoms with E-state index in [2.05, 4.69) is 9.88 Å². The number of thiazole rings is 1. The minimum atomic E-state index is -0.109. The lowest BCUT2D eigenvalue weighted by molar-refractivity contribution is -0.147.